The standard InChI is InChI=1S/C15H21FN2O/c1-11-4-5-13(16)12(8-11)14(19)18-10-15(2)6-3-7-17-9-15/h4-5,8,17H,3,6-7,9-10H2,1-2H3,(H,18,19). The fourth-order valence-electron chi connectivity index (χ4n) is 2.47. The van der Waals surface area contributed by atoms with Crippen LogP contribution in [-0.4, -0.2) is 25.5 Å². The summed E-state index contributed by atoms with van der Waals surface area (Å²) in [6.45, 7) is 6.50. The SMILES string of the molecule is Cc1ccc(F)c(C(=O)NCC2(C)CCCNC2)c1. The van der Waals surface area contributed by atoms with E-state index in [1.54, 1.807) is 12.1 Å². The molecule has 4 heteroatoms. The Morgan fingerprint density at radius 1 is 1.53 bits per heavy atom. The van der Waals surface area contributed by atoms with Gasteiger partial charge < -0.3 is 10.6 Å². The van der Waals surface area contributed by atoms with Crippen molar-refractivity contribution < 1.29 is 9.18 Å². The maximum atomic E-state index is 13.6. The molecule has 0 saturated carbocycles. The van der Waals surface area contributed by atoms with E-state index in [0.29, 0.717) is 6.54 Å². The number of hydrogen-bond donors (Lipinski definition) is 2. The predicted molar refractivity (Wildman–Crippen MR) is 73.7 cm³/mol. The smallest absolute Gasteiger partial charge is 0.254 e. The Morgan fingerprint density at radius 2 is 2.32 bits per heavy atom. The van der Waals surface area contributed by atoms with E-state index in [1.165, 1.54) is 6.07 Å². The molecule has 1 fully saturated rings. The minimum absolute atomic E-state index is 0.0637. The Morgan fingerprint density at radius 3 is 3.00 bits per heavy atom. The van der Waals surface area contributed by atoms with E-state index in [1.807, 2.05) is 6.92 Å². The van der Waals surface area contributed by atoms with Gasteiger partial charge in [0.1, 0.15) is 5.82 Å². The zero-order valence-corrected chi connectivity index (χ0v) is 11.6. The van der Waals surface area contributed by atoms with Crippen molar-refractivity contribution >= 4 is 5.91 Å². The molecule has 0 spiro atoms. The van der Waals surface area contributed by atoms with Gasteiger partial charge in [-0.3, -0.25) is 4.79 Å². The van der Waals surface area contributed by atoms with Crippen molar-refractivity contribution in [3.05, 3.63) is 35.1 Å². The lowest BCUT2D eigenvalue weighted by atomic mass is 9.83. The van der Waals surface area contributed by atoms with Gasteiger partial charge in [0.25, 0.3) is 5.91 Å². The fraction of sp³-hybridized carbons (Fsp3) is 0.533. The number of piperidine rings is 1. The molecule has 1 unspecified atom stereocenters. The van der Waals surface area contributed by atoms with Crippen molar-refractivity contribution in [2.24, 2.45) is 5.41 Å². The summed E-state index contributed by atoms with van der Waals surface area (Å²) in [5, 5.41) is 6.19. The molecule has 0 radical (unpaired) electrons. The van der Waals surface area contributed by atoms with Crippen LogP contribution in [0.15, 0.2) is 18.2 Å². The van der Waals surface area contributed by atoms with Crippen LogP contribution in [0.4, 0.5) is 4.39 Å². The number of hydrogen-bond acceptors (Lipinski definition) is 2. The molecule has 2 N–H and O–H groups in total. The van der Waals surface area contributed by atoms with Crippen molar-refractivity contribution in [1.29, 1.82) is 0 Å². The third-order valence-electron chi connectivity index (χ3n) is 3.73. The second-order valence-corrected chi connectivity index (χ2v) is 5.76. The minimum Gasteiger partial charge on any atom is -0.351 e. The number of carbonyl (C=O) groups excluding carboxylic acids is 1. The number of rotatable bonds is 3. The molecule has 3 nitrogen and oxygen atoms in total. The Balaban J connectivity index is 1.99. The molecule has 1 aliphatic rings. The highest BCUT2D eigenvalue weighted by atomic mass is 19.1. The molecule has 104 valence electrons. The molecule has 1 aromatic rings. The lowest BCUT2D eigenvalue weighted by Crippen LogP contribution is -2.45. The summed E-state index contributed by atoms with van der Waals surface area (Å²) in [6, 6.07) is 4.60. The summed E-state index contributed by atoms with van der Waals surface area (Å²) in [4.78, 5) is 12.0. The first-order valence-electron chi connectivity index (χ1n) is 6.75. The fourth-order valence-corrected chi connectivity index (χ4v) is 2.47. The first-order chi connectivity index (χ1) is 9.00. The normalized spacial score (nSPS) is 23.1. The van der Waals surface area contributed by atoms with Crippen LogP contribution in [0.5, 0.6) is 0 Å². The van der Waals surface area contributed by atoms with E-state index in [9.17, 15) is 9.18 Å². The highest BCUT2D eigenvalue weighted by molar-refractivity contribution is 5.94. The number of amides is 1. The largest absolute Gasteiger partial charge is 0.351 e. The van der Waals surface area contributed by atoms with Crippen LogP contribution in [0.25, 0.3) is 0 Å². The number of aryl methyl sites for hydroxylation is 1. The summed E-state index contributed by atoms with van der Waals surface area (Å²) in [5.41, 5.74) is 1.08. The van der Waals surface area contributed by atoms with Gasteiger partial charge in [0.05, 0.1) is 5.56 Å². The van der Waals surface area contributed by atoms with Crippen LogP contribution in [0.2, 0.25) is 0 Å². The summed E-state index contributed by atoms with van der Waals surface area (Å²) in [6.07, 6.45) is 2.20. The van der Waals surface area contributed by atoms with Crippen LogP contribution < -0.4 is 10.6 Å². The zero-order chi connectivity index (χ0) is 13.9. The molecule has 1 aromatic carbocycles. The Bertz CT molecular complexity index is 467. The molecule has 2 rings (SSSR count). The monoisotopic (exact) mass is 264 g/mol. The summed E-state index contributed by atoms with van der Waals surface area (Å²) in [5.74, 6) is -0.789. The molecule has 0 aliphatic carbocycles. The second-order valence-electron chi connectivity index (χ2n) is 5.76. The maximum absolute atomic E-state index is 13.6. The topological polar surface area (TPSA) is 41.1 Å². The summed E-state index contributed by atoms with van der Waals surface area (Å²) >= 11 is 0. The Kier molecular flexibility index (Phi) is 4.20. The van der Waals surface area contributed by atoms with Gasteiger partial charge in [-0.1, -0.05) is 18.6 Å². The lowest BCUT2D eigenvalue weighted by Gasteiger charge is -2.34. The highest BCUT2D eigenvalue weighted by Gasteiger charge is 2.27. The van der Waals surface area contributed by atoms with Crippen LogP contribution >= 0.6 is 0 Å². The number of halogens is 1. The maximum Gasteiger partial charge on any atom is 0.254 e. The van der Waals surface area contributed by atoms with Gasteiger partial charge in [0, 0.05) is 13.1 Å². The van der Waals surface area contributed by atoms with E-state index in [4.69, 9.17) is 0 Å². The van der Waals surface area contributed by atoms with E-state index in [-0.39, 0.29) is 16.9 Å². The average Bonchev–Trinajstić information content (AvgIpc) is 2.40. The molecular weight excluding hydrogens is 243 g/mol. The molecule has 0 aromatic heterocycles. The van der Waals surface area contributed by atoms with Crippen molar-refractivity contribution in [2.75, 3.05) is 19.6 Å². The Hall–Kier alpha value is -1.42. The quantitative estimate of drug-likeness (QED) is 0.879. The number of nitrogens with one attached hydrogen (secondary N) is 2. The van der Waals surface area contributed by atoms with Crippen LogP contribution in [-0.2, 0) is 0 Å². The molecule has 1 saturated heterocycles. The van der Waals surface area contributed by atoms with Crippen molar-refractivity contribution in [2.45, 2.75) is 26.7 Å². The van der Waals surface area contributed by atoms with Gasteiger partial charge in [-0.15, -0.1) is 0 Å². The van der Waals surface area contributed by atoms with Gasteiger partial charge in [0.2, 0.25) is 0 Å². The van der Waals surface area contributed by atoms with E-state index in [2.05, 4.69) is 17.6 Å². The van der Waals surface area contributed by atoms with Crippen molar-refractivity contribution in [1.82, 2.24) is 10.6 Å². The second kappa shape index (κ2) is 5.70. The number of benzene rings is 1. The number of carbonyl (C=O) groups is 1. The van der Waals surface area contributed by atoms with Crippen molar-refractivity contribution in [3.63, 3.8) is 0 Å². The van der Waals surface area contributed by atoms with Gasteiger partial charge in [0.15, 0.2) is 0 Å². The highest BCUT2D eigenvalue weighted by Crippen LogP contribution is 2.24. The summed E-state index contributed by atoms with van der Waals surface area (Å²) < 4.78 is 13.6. The molecule has 1 amide bonds. The molecule has 1 atom stereocenters. The van der Waals surface area contributed by atoms with Gasteiger partial charge in [-0.25, -0.2) is 4.39 Å². The van der Waals surface area contributed by atoms with E-state index in [0.717, 1.165) is 31.5 Å². The molecule has 1 aliphatic heterocycles. The molecule has 19 heavy (non-hydrogen) atoms. The van der Waals surface area contributed by atoms with E-state index >= 15 is 0 Å². The van der Waals surface area contributed by atoms with Gasteiger partial charge in [-0.05, 0) is 43.9 Å². The predicted octanol–water partition coefficient (Wildman–Crippen LogP) is 2.25. The first-order valence-corrected chi connectivity index (χ1v) is 6.75. The van der Waals surface area contributed by atoms with Crippen LogP contribution in [0.1, 0.15) is 35.7 Å². The molecule has 0 bridgehead atoms. The third kappa shape index (κ3) is 3.53. The van der Waals surface area contributed by atoms with E-state index < -0.39 is 5.82 Å². The Labute approximate surface area is 113 Å². The zero-order valence-electron chi connectivity index (χ0n) is 11.6. The molecular formula is C15H21FN2O. The lowest BCUT2D eigenvalue weighted by molar-refractivity contribution is 0.0920. The first kappa shape index (κ1) is 14.0. The average molecular weight is 264 g/mol. The van der Waals surface area contributed by atoms with Crippen LogP contribution in [0, 0.1) is 18.2 Å². The summed E-state index contributed by atoms with van der Waals surface area (Å²) in [7, 11) is 0. The van der Waals surface area contributed by atoms with Crippen LogP contribution in [0.3, 0.4) is 0 Å². The van der Waals surface area contributed by atoms with Crippen molar-refractivity contribution in [3.8, 4) is 0 Å². The molecule has 1 heterocycles. The van der Waals surface area contributed by atoms with Gasteiger partial charge >= 0.3 is 0 Å². The van der Waals surface area contributed by atoms with Gasteiger partial charge in [-0.2, -0.15) is 0 Å². The third-order valence-corrected chi connectivity index (χ3v) is 3.73. The minimum atomic E-state index is -0.463.